The van der Waals surface area contributed by atoms with Gasteiger partial charge in [-0.2, -0.15) is 0 Å². The minimum atomic E-state index is 0.720. The van der Waals surface area contributed by atoms with Crippen molar-refractivity contribution in [2.24, 2.45) is 4.99 Å². The normalized spacial score (nSPS) is 11.5. The topological polar surface area (TPSA) is 26.5 Å². The highest BCUT2D eigenvalue weighted by atomic mass is 32.1. The third-order valence-electron chi connectivity index (χ3n) is 3.73. The Bertz CT molecular complexity index is 890. The number of aromatic nitrogens is 1. The van der Waals surface area contributed by atoms with E-state index in [1.165, 1.54) is 10.6 Å². The third kappa shape index (κ3) is 3.34. The summed E-state index contributed by atoms with van der Waals surface area (Å²) >= 11 is 1.70. The number of ether oxygens (including phenoxy) is 1. The van der Waals surface area contributed by atoms with Crippen LogP contribution in [0.25, 0.3) is 11.3 Å². The fraction of sp³-hybridized carbons (Fsp3) is 0.150. The molecule has 0 fully saturated rings. The average Bonchev–Trinajstić information content (AvgIpc) is 2.91. The number of aryl methyl sites for hydroxylation is 1. The summed E-state index contributed by atoms with van der Waals surface area (Å²) in [5.74, 6) is 0.857. The number of nitrogens with zero attached hydrogens (tertiary/aromatic N) is 2. The molecule has 3 aromatic rings. The number of allylic oxidation sites excluding steroid dienone is 1. The van der Waals surface area contributed by atoms with Gasteiger partial charge in [0.05, 0.1) is 18.5 Å². The van der Waals surface area contributed by atoms with Crippen molar-refractivity contribution < 1.29 is 4.74 Å². The van der Waals surface area contributed by atoms with E-state index >= 15 is 0 Å². The van der Waals surface area contributed by atoms with Gasteiger partial charge >= 0.3 is 0 Å². The van der Waals surface area contributed by atoms with Crippen LogP contribution < -0.4 is 9.54 Å². The number of hydrogen-bond acceptors (Lipinski definition) is 3. The first-order chi connectivity index (χ1) is 11.7. The van der Waals surface area contributed by atoms with E-state index in [2.05, 4.69) is 30.2 Å². The largest absolute Gasteiger partial charge is 0.497 e. The van der Waals surface area contributed by atoms with Crippen LogP contribution in [0.1, 0.15) is 4.88 Å². The predicted molar refractivity (Wildman–Crippen MR) is 101 cm³/mol. The van der Waals surface area contributed by atoms with Crippen LogP contribution in [0.2, 0.25) is 0 Å². The van der Waals surface area contributed by atoms with E-state index in [4.69, 9.17) is 9.73 Å². The molecule has 0 spiro atoms. The highest BCUT2D eigenvalue weighted by Gasteiger charge is 2.12. The molecular weight excluding hydrogens is 316 g/mol. The molecule has 122 valence electrons. The Kier molecular flexibility index (Phi) is 4.96. The Morgan fingerprint density at radius 1 is 1.12 bits per heavy atom. The Morgan fingerprint density at radius 3 is 2.46 bits per heavy atom. The van der Waals surface area contributed by atoms with Crippen molar-refractivity contribution >= 4 is 17.0 Å². The molecule has 0 aliphatic rings. The first-order valence-corrected chi connectivity index (χ1v) is 8.60. The quantitative estimate of drug-likeness (QED) is 0.605. The summed E-state index contributed by atoms with van der Waals surface area (Å²) in [4.78, 5) is 7.02. The van der Waals surface area contributed by atoms with Crippen LogP contribution in [-0.4, -0.2) is 11.7 Å². The highest BCUT2D eigenvalue weighted by molar-refractivity contribution is 7.09. The lowest BCUT2D eigenvalue weighted by atomic mass is 10.1. The molecule has 0 aliphatic carbocycles. The molecule has 3 nitrogen and oxygen atoms in total. The van der Waals surface area contributed by atoms with Crippen molar-refractivity contribution in [3.63, 3.8) is 0 Å². The van der Waals surface area contributed by atoms with Gasteiger partial charge in [-0.3, -0.25) is 0 Å². The standard InChI is InChI=1S/C20H20N2OS/c1-4-14-22-19(16-10-12-18(23-3)13-11-16)15(2)24-20(22)21-17-8-6-5-7-9-17/h4-13H,1,14H2,2-3H3. The zero-order valence-electron chi connectivity index (χ0n) is 13.9. The summed E-state index contributed by atoms with van der Waals surface area (Å²) < 4.78 is 7.47. The molecule has 0 aliphatic heterocycles. The van der Waals surface area contributed by atoms with Gasteiger partial charge in [-0.1, -0.05) is 24.3 Å². The summed E-state index contributed by atoms with van der Waals surface area (Å²) in [6.07, 6.45) is 1.91. The van der Waals surface area contributed by atoms with Gasteiger partial charge in [0.2, 0.25) is 0 Å². The molecule has 24 heavy (non-hydrogen) atoms. The molecular formula is C20H20N2OS. The molecule has 0 N–H and O–H groups in total. The Labute approximate surface area is 146 Å². The maximum absolute atomic E-state index is 5.26. The summed E-state index contributed by atoms with van der Waals surface area (Å²) in [6.45, 7) is 6.75. The third-order valence-corrected chi connectivity index (χ3v) is 4.73. The Morgan fingerprint density at radius 2 is 1.83 bits per heavy atom. The van der Waals surface area contributed by atoms with E-state index in [9.17, 15) is 0 Å². The number of para-hydroxylation sites is 1. The molecule has 0 unspecified atom stereocenters. The lowest BCUT2D eigenvalue weighted by Gasteiger charge is -2.09. The number of rotatable bonds is 5. The monoisotopic (exact) mass is 336 g/mol. The zero-order chi connectivity index (χ0) is 16.9. The molecule has 0 bridgehead atoms. The first-order valence-electron chi connectivity index (χ1n) is 7.78. The first kappa shape index (κ1) is 16.3. The highest BCUT2D eigenvalue weighted by Crippen LogP contribution is 2.27. The molecule has 1 aromatic heterocycles. The molecule has 2 aromatic carbocycles. The van der Waals surface area contributed by atoms with Gasteiger partial charge in [-0.25, -0.2) is 4.99 Å². The van der Waals surface area contributed by atoms with Gasteiger partial charge in [-0.05, 0) is 48.9 Å². The minimum Gasteiger partial charge on any atom is -0.497 e. The molecule has 4 heteroatoms. The van der Waals surface area contributed by atoms with Crippen LogP contribution in [0.4, 0.5) is 5.69 Å². The second-order valence-electron chi connectivity index (χ2n) is 5.36. The van der Waals surface area contributed by atoms with E-state index in [-0.39, 0.29) is 0 Å². The smallest absolute Gasteiger partial charge is 0.190 e. The zero-order valence-corrected chi connectivity index (χ0v) is 14.7. The van der Waals surface area contributed by atoms with Gasteiger partial charge in [0.15, 0.2) is 4.80 Å². The predicted octanol–water partition coefficient (Wildman–Crippen LogP) is 4.95. The summed E-state index contributed by atoms with van der Waals surface area (Å²) in [6, 6.07) is 18.2. The lowest BCUT2D eigenvalue weighted by Crippen LogP contribution is -2.14. The van der Waals surface area contributed by atoms with Crippen molar-refractivity contribution in [3.8, 4) is 17.0 Å². The Hall–Kier alpha value is -2.59. The van der Waals surface area contributed by atoms with E-state index in [0.29, 0.717) is 0 Å². The fourth-order valence-corrected chi connectivity index (χ4v) is 3.65. The van der Waals surface area contributed by atoms with Crippen LogP contribution in [-0.2, 0) is 6.54 Å². The van der Waals surface area contributed by atoms with E-state index in [1.807, 2.05) is 48.5 Å². The second-order valence-corrected chi connectivity index (χ2v) is 6.55. The van der Waals surface area contributed by atoms with Gasteiger partial charge in [0, 0.05) is 11.4 Å². The number of benzene rings is 2. The maximum atomic E-state index is 5.26. The van der Waals surface area contributed by atoms with E-state index < -0.39 is 0 Å². The van der Waals surface area contributed by atoms with Crippen LogP contribution in [0.5, 0.6) is 5.75 Å². The molecule has 1 heterocycles. The molecule has 0 saturated heterocycles. The number of hydrogen-bond donors (Lipinski definition) is 0. The van der Waals surface area contributed by atoms with Crippen molar-refractivity contribution in [2.45, 2.75) is 13.5 Å². The SMILES string of the molecule is C=CCn1c(-c2ccc(OC)cc2)c(C)sc1=Nc1ccccc1. The molecule has 0 radical (unpaired) electrons. The number of methoxy groups -OCH3 is 1. The number of thiazole rings is 1. The van der Waals surface area contributed by atoms with Gasteiger partial charge in [-0.15, -0.1) is 17.9 Å². The average molecular weight is 336 g/mol. The van der Waals surface area contributed by atoms with E-state index in [1.54, 1.807) is 18.4 Å². The summed E-state index contributed by atoms with van der Waals surface area (Å²) in [5.41, 5.74) is 3.29. The fourth-order valence-electron chi connectivity index (χ4n) is 2.63. The van der Waals surface area contributed by atoms with Crippen molar-refractivity contribution in [1.82, 2.24) is 4.57 Å². The van der Waals surface area contributed by atoms with Crippen LogP contribution in [0.3, 0.4) is 0 Å². The van der Waals surface area contributed by atoms with Crippen molar-refractivity contribution in [1.29, 1.82) is 0 Å². The van der Waals surface area contributed by atoms with Gasteiger partial charge < -0.3 is 9.30 Å². The lowest BCUT2D eigenvalue weighted by molar-refractivity contribution is 0.415. The van der Waals surface area contributed by atoms with Crippen LogP contribution in [0.15, 0.2) is 72.2 Å². The molecule has 0 atom stereocenters. The molecule has 0 saturated carbocycles. The second kappa shape index (κ2) is 7.32. The van der Waals surface area contributed by atoms with E-state index in [0.717, 1.165) is 28.3 Å². The van der Waals surface area contributed by atoms with Crippen LogP contribution in [0, 0.1) is 6.92 Å². The van der Waals surface area contributed by atoms with Gasteiger partial charge in [0.25, 0.3) is 0 Å². The Balaban J connectivity index is 2.16. The van der Waals surface area contributed by atoms with Gasteiger partial charge in [0.1, 0.15) is 5.75 Å². The summed E-state index contributed by atoms with van der Waals surface area (Å²) in [5, 5.41) is 0. The molecule has 3 rings (SSSR count). The van der Waals surface area contributed by atoms with Crippen molar-refractivity contribution in [2.75, 3.05) is 7.11 Å². The summed E-state index contributed by atoms with van der Waals surface area (Å²) in [7, 11) is 1.68. The van der Waals surface area contributed by atoms with Crippen LogP contribution >= 0.6 is 11.3 Å². The molecule has 0 amide bonds. The van der Waals surface area contributed by atoms with Crippen molar-refractivity contribution in [3.05, 3.63) is 76.9 Å². The maximum Gasteiger partial charge on any atom is 0.190 e. The minimum absolute atomic E-state index is 0.720.